The Balaban J connectivity index is 1.95. The van der Waals surface area contributed by atoms with E-state index >= 15 is 0 Å². The van der Waals surface area contributed by atoms with Crippen LogP contribution in [-0.2, 0) is 9.53 Å². The highest BCUT2D eigenvalue weighted by Crippen LogP contribution is 2.39. The molecule has 0 spiro atoms. The minimum atomic E-state index is -0.811. The van der Waals surface area contributed by atoms with Gasteiger partial charge >= 0.3 is 5.97 Å². The number of ether oxygens (including phenoxy) is 1. The summed E-state index contributed by atoms with van der Waals surface area (Å²) in [5, 5.41) is 0. The van der Waals surface area contributed by atoms with Crippen LogP contribution in [-0.4, -0.2) is 67.7 Å². The summed E-state index contributed by atoms with van der Waals surface area (Å²) in [5.41, 5.74) is 5.63. The van der Waals surface area contributed by atoms with Gasteiger partial charge in [-0.1, -0.05) is 0 Å². The number of piperidine rings is 1. The quantitative estimate of drug-likeness (QED) is 0.727. The second kappa shape index (κ2) is 6.41. The first kappa shape index (κ1) is 15.7. The maximum Gasteiger partial charge on any atom is 0.327 e. The second-order valence-electron chi connectivity index (χ2n) is 6.48. The Morgan fingerprint density at radius 1 is 1.35 bits per heavy atom. The number of hydrogen-bond acceptors (Lipinski definition) is 5. The summed E-state index contributed by atoms with van der Waals surface area (Å²) in [4.78, 5) is 16.9. The first-order chi connectivity index (χ1) is 9.47. The van der Waals surface area contributed by atoms with E-state index in [1.807, 2.05) is 6.92 Å². The molecule has 116 valence electrons. The highest BCUT2D eigenvalue weighted by Gasteiger charge is 2.50. The van der Waals surface area contributed by atoms with Gasteiger partial charge in [0.2, 0.25) is 0 Å². The minimum absolute atomic E-state index is 0.220. The van der Waals surface area contributed by atoms with Crippen LogP contribution < -0.4 is 5.73 Å². The molecule has 20 heavy (non-hydrogen) atoms. The van der Waals surface area contributed by atoms with E-state index in [2.05, 4.69) is 23.9 Å². The Kier molecular flexibility index (Phi) is 5.04. The molecule has 0 aromatic heterocycles. The van der Waals surface area contributed by atoms with E-state index in [4.69, 9.17) is 10.5 Å². The molecule has 5 heteroatoms. The fourth-order valence-electron chi connectivity index (χ4n) is 3.20. The van der Waals surface area contributed by atoms with Crippen molar-refractivity contribution in [3.05, 3.63) is 0 Å². The zero-order valence-corrected chi connectivity index (χ0v) is 13.1. The molecule has 0 amide bonds. The van der Waals surface area contributed by atoms with Gasteiger partial charge in [0.25, 0.3) is 0 Å². The Bertz CT molecular complexity index is 338. The molecule has 5 nitrogen and oxygen atoms in total. The minimum Gasteiger partial charge on any atom is -0.465 e. The van der Waals surface area contributed by atoms with Gasteiger partial charge in [0, 0.05) is 12.6 Å². The van der Waals surface area contributed by atoms with Crippen LogP contribution in [0.4, 0.5) is 0 Å². The zero-order chi connectivity index (χ0) is 14.8. The fraction of sp³-hybridized carbons (Fsp3) is 0.933. The number of likely N-dealkylation sites (tertiary alicyclic amines) is 1. The molecule has 2 N–H and O–H groups in total. The summed E-state index contributed by atoms with van der Waals surface area (Å²) >= 11 is 0. The molecule has 1 saturated heterocycles. The van der Waals surface area contributed by atoms with Crippen LogP contribution in [0.5, 0.6) is 0 Å². The summed E-state index contributed by atoms with van der Waals surface area (Å²) in [6.07, 6.45) is 4.40. The Morgan fingerprint density at radius 2 is 1.95 bits per heavy atom. The summed E-state index contributed by atoms with van der Waals surface area (Å²) in [6.45, 7) is 5.10. The van der Waals surface area contributed by atoms with Gasteiger partial charge < -0.3 is 20.3 Å². The maximum absolute atomic E-state index is 12.2. The topological polar surface area (TPSA) is 58.8 Å². The van der Waals surface area contributed by atoms with Crippen LogP contribution in [0.3, 0.4) is 0 Å². The number of rotatable bonds is 6. The summed E-state index contributed by atoms with van der Waals surface area (Å²) in [7, 11) is 4.26. The number of nitrogens with zero attached hydrogens (tertiary/aromatic N) is 2. The second-order valence-corrected chi connectivity index (χ2v) is 6.48. The molecule has 2 aliphatic rings. The first-order valence-electron chi connectivity index (χ1n) is 7.82. The Morgan fingerprint density at radius 3 is 2.45 bits per heavy atom. The van der Waals surface area contributed by atoms with Crippen molar-refractivity contribution in [2.45, 2.75) is 44.2 Å². The van der Waals surface area contributed by atoms with Crippen molar-refractivity contribution in [3.63, 3.8) is 0 Å². The molecule has 1 aliphatic heterocycles. The number of carbonyl (C=O) groups excluding carboxylic acids is 1. The largest absolute Gasteiger partial charge is 0.465 e. The van der Waals surface area contributed by atoms with E-state index < -0.39 is 5.54 Å². The molecule has 0 radical (unpaired) electrons. The van der Waals surface area contributed by atoms with E-state index in [9.17, 15) is 4.79 Å². The lowest BCUT2D eigenvalue weighted by atomic mass is 9.92. The lowest BCUT2D eigenvalue weighted by molar-refractivity contribution is -0.151. The smallest absolute Gasteiger partial charge is 0.327 e. The van der Waals surface area contributed by atoms with Gasteiger partial charge in [-0.15, -0.1) is 0 Å². The summed E-state index contributed by atoms with van der Waals surface area (Å²) in [6, 6.07) is 0.530. The van der Waals surface area contributed by atoms with Gasteiger partial charge in [-0.2, -0.15) is 0 Å². The molecule has 0 aromatic carbocycles. The number of nitrogens with two attached hydrogens (primary N) is 1. The van der Waals surface area contributed by atoms with Crippen LogP contribution in [0.2, 0.25) is 0 Å². The van der Waals surface area contributed by atoms with Gasteiger partial charge in [-0.3, -0.25) is 0 Å². The molecule has 1 unspecified atom stereocenters. The first-order valence-corrected chi connectivity index (χ1v) is 7.82. The van der Waals surface area contributed by atoms with Crippen LogP contribution in [0, 0.1) is 5.92 Å². The van der Waals surface area contributed by atoms with Crippen molar-refractivity contribution in [2.24, 2.45) is 11.7 Å². The van der Waals surface area contributed by atoms with Crippen molar-refractivity contribution < 1.29 is 9.53 Å². The van der Waals surface area contributed by atoms with E-state index in [0.29, 0.717) is 25.1 Å². The van der Waals surface area contributed by atoms with Crippen LogP contribution in [0.1, 0.15) is 32.6 Å². The van der Waals surface area contributed by atoms with E-state index in [1.165, 1.54) is 0 Å². The molecule has 1 atom stereocenters. The SMILES string of the molecule is CCOC(=O)C(N)(CN(C)C1CCN(C)CC1)C1CC1. The maximum atomic E-state index is 12.2. The van der Waals surface area contributed by atoms with E-state index in [1.54, 1.807) is 0 Å². The number of carbonyl (C=O) groups is 1. The van der Waals surface area contributed by atoms with Crippen molar-refractivity contribution in [1.29, 1.82) is 0 Å². The molecule has 1 saturated carbocycles. The van der Waals surface area contributed by atoms with Crippen LogP contribution in [0.15, 0.2) is 0 Å². The molecule has 1 heterocycles. The van der Waals surface area contributed by atoms with Gasteiger partial charge in [0.1, 0.15) is 5.54 Å². The lowest BCUT2D eigenvalue weighted by Crippen LogP contribution is -2.60. The van der Waals surface area contributed by atoms with E-state index in [0.717, 1.165) is 38.8 Å². The van der Waals surface area contributed by atoms with E-state index in [-0.39, 0.29) is 5.97 Å². The van der Waals surface area contributed by atoms with Crippen LogP contribution in [0.25, 0.3) is 0 Å². The van der Waals surface area contributed by atoms with Gasteiger partial charge in [-0.25, -0.2) is 4.79 Å². The number of hydrogen-bond donors (Lipinski definition) is 1. The molecule has 2 fully saturated rings. The average molecular weight is 283 g/mol. The predicted octanol–water partition coefficient (Wildman–Crippen LogP) is 0.683. The third-order valence-electron chi connectivity index (χ3n) is 4.78. The third kappa shape index (κ3) is 3.51. The average Bonchev–Trinajstić information content (AvgIpc) is 3.24. The molecular weight excluding hydrogens is 254 g/mol. The highest BCUT2D eigenvalue weighted by molar-refractivity contribution is 5.82. The third-order valence-corrected chi connectivity index (χ3v) is 4.78. The molecular formula is C15H29N3O2. The van der Waals surface area contributed by atoms with Crippen molar-refractivity contribution in [3.8, 4) is 0 Å². The molecule has 1 aliphatic carbocycles. The number of likely N-dealkylation sites (N-methyl/N-ethyl adjacent to an activating group) is 1. The van der Waals surface area contributed by atoms with Crippen molar-refractivity contribution in [1.82, 2.24) is 9.80 Å². The Hall–Kier alpha value is -0.650. The molecule has 2 rings (SSSR count). The summed E-state index contributed by atoms with van der Waals surface area (Å²) in [5.74, 6) is 0.0811. The monoisotopic (exact) mass is 283 g/mol. The standard InChI is InChI=1S/C15H29N3O2/c1-4-20-14(19)15(16,12-5-6-12)11-18(3)13-7-9-17(2)10-8-13/h12-13H,4-11,16H2,1-3H3. The van der Waals surface area contributed by atoms with Gasteiger partial charge in [-0.05, 0) is 65.7 Å². The van der Waals surface area contributed by atoms with Crippen molar-refractivity contribution >= 4 is 5.97 Å². The predicted molar refractivity (Wildman–Crippen MR) is 79.4 cm³/mol. The van der Waals surface area contributed by atoms with Crippen LogP contribution >= 0.6 is 0 Å². The lowest BCUT2D eigenvalue weighted by Gasteiger charge is -2.39. The van der Waals surface area contributed by atoms with Gasteiger partial charge in [0.05, 0.1) is 6.61 Å². The zero-order valence-electron chi connectivity index (χ0n) is 13.1. The molecule has 0 bridgehead atoms. The number of esters is 1. The van der Waals surface area contributed by atoms with Crippen molar-refractivity contribution in [2.75, 3.05) is 40.3 Å². The highest BCUT2D eigenvalue weighted by atomic mass is 16.5. The summed E-state index contributed by atoms with van der Waals surface area (Å²) < 4.78 is 5.21. The molecule has 0 aromatic rings. The van der Waals surface area contributed by atoms with Gasteiger partial charge in [0.15, 0.2) is 0 Å². The Labute approximate surface area is 122 Å². The fourth-order valence-corrected chi connectivity index (χ4v) is 3.20. The normalized spacial score (nSPS) is 24.6.